The molecule has 1 aromatic heterocycles. The number of nitrogens with zero attached hydrogens (tertiary/aromatic N) is 2. The minimum atomic E-state index is 0.480. The van der Waals surface area contributed by atoms with Crippen LogP contribution in [0.25, 0.3) is 0 Å². The van der Waals surface area contributed by atoms with Gasteiger partial charge in [-0.25, -0.2) is 0 Å². The Hall–Kier alpha value is -1.74. The van der Waals surface area contributed by atoms with E-state index in [0.717, 1.165) is 29.1 Å². The summed E-state index contributed by atoms with van der Waals surface area (Å²) in [4.78, 5) is 6.29. The third-order valence-corrected chi connectivity index (χ3v) is 3.33. The molecular weight excluding hydrogens is 260 g/mol. The highest BCUT2D eigenvalue weighted by Crippen LogP contribution is 2.24. The monoisotopic (exact) mass is 276 g/mol. The van der Waals surface area contributed by atoms with Crippen LogP contribution in [0.3, 0.4) is 0 Å². The third kappa shape index (κ3) is 3.18. The Morgan fingerprint density at radius 3 is 2.74 bits per heavy atom. The summed E-state index contributed by atoms with van der Waals surface area (Å²) in [5, 5.41) is 0. The highest BCUT2D eigenvalue weighted by molar-refractivity contribution is 6.17. The Kier molecular flexibility index (Phi) is 4.63. The summed E-state index contributed by atoms with van der Waals surface area (Å²) in [6.07, 6.45) is 3.60. The first-order valence-electron chi connectivity index (χ1n) is 6.08. The van der Waals surface area contributed by atoms with Gasteiger partial charge in [0.15, 0.2) is 0 Å². The van der Waals surface area contributed by atoms with Crippen LogP contribution in [0.1, 0.15) is 11.1 Å². The average molecular weight is 277 g/mol. The maximum Gasteiger partial charge on any atom is 0.123 e. The van der Waals surface area contributed by atoms with Crippen LogP contribution >= 0.6 is 11.6 Å². The van der Waals surface area contributed by atoms with E-state index < -0.39 is 0 Å². The van der Waals surface area contributed by atoms with E-state index in [1.54, 1.807) is 13.3 Å². The van der Waals surface area contributed by atoms with Crippen LogP contribution in [-0.4, -0.2) is 19.1 Å². The maximum atomic E-state index is 5.96. The second-order valence-electron chi connectivity index (χ2n) is 4.31. The lowest BCUT2D eigenvalue weighted by molar-refractivity contribution is 0.409. The number of anilines is 1. The fraction of sp³-hybridized carbons (Fsp3) is 0.267. The summed E-state index contributed by atoms with van der Waals surface area (Å²) in [6.45, 7) is 0.750. The second kappa shape index (κ2) is 6.43. The number of hydrogen-bond donors (Lipinski definition) is 0. The minimum absolute atomic E-state index is 0.480. The van der Waals surface area contributed by atoms with Crippen LogP contribution in [0.15, 0.2) is 42.7 Å². The molecule has 0 N–H and O–H groups in total. The van der Waals surface area contributed by atoms with Gasteiger partial charge >= 0.3 is 0 Å². The number of benzene rings is 1. The van der Waals surface area contributed by atoms with Crippen molar-refractivity contribution in [2.24, 2.45) is 0 Å². The van der Waals surface area contributed by atoms with E-state index in [1.807, 2.05) is 37.5 Å². The number of rotatable bonds is 5. The van der Waals surface area contributed by atoms with Gasteiger partial charge in [-0.3, -0.25) is 4.98 Å². The lowest BCUT2D eigenvalue weighted by Gasteiger charge is -2.22. The van der Waals surface area contributed by atoms with Crippen molar-refractivity contribution in [3.8, 4) is 5.75 Å². The predicted octanol–water partition coefficient (Wildman–Crippen LogP) is 3.47. The van der Waals surface area contributed by atoms with Gasteiger partial charge in [0.1, 0.15) is 5.75 Å². The molecule has 0 spiro atoms. The maximum absolute atomic E-state index is 5.96. The SMILES string of the molecule is COc1ccccc1CN(C)c1cnccc1CCl. The normalized spacial score (nSPS) is 10.3. The van der Waals surface area contributed by atoms with Crippen molar-refractivity contribution in [3.63, 3.8) is 0 Å². The van der Waals surface area contributed by atoms with E-state index >= 15 is 0 Å². The summed E-state index contributed by atoms with van der Waals surface area (Å²) in [6, 6.07) is 9.95. The fourth-order valence-corrected chi connectivity index (χ4v) is 2.27. The third-order valence-electron chi connectivity index (χ3n) is 3.04. The average Bonchev–Trinajstić information content (AvgIpc) is 2.47. The van der Waals surface area contributed by atoms with Crippen molar-refractivity contribution in [2.75, 3.05) is 19.1 Å². The molecule has 0 bridgehead atoms. The van der Waals surface area contributed by atoms with Crippen molar-refractivity contribution >= 4 is 17.3 Å². The number of alkyl halides is 1. The van der Waals surface area contributed by atoms with Gasteiger partial charge in [0.25, 0.3) is 0 Å². The zero-order valence-electron chi connectivity index (χ0n) is 11.1. The smallest absolute Gasteiger partial charge is 0.123 e. The number of aromatic nitrogens is 1. The highest BCUT2D eigenvalue weighted by atomic mass is 35.5. The summed E-state index contributed by atoms with van der Waals surface area (Å²) in [5.41, 5.74) is 3.26. The zero-order chi connectivity index (χ0) is 13.7. The first-order valence-corrected chi connectivity index (χ1v) is 6.61. The Labute approximate surface area is 118 Å². The van der Waals surface area contributed by atoms with Gasteiger partial charge in [-0.05, 0) is 17.7 Å². The van der Waals surface area contributed by atoms with Gasteiger partial charge in [-0.15, -0.1) is 11.6 Å². The molecule has 0 aliphatic rings. The highest BCUT2D eigenvalue weighted by Gasteiger charge is 2.10. The summed E-state index contributed by atoms with van der Waals surface area (Å²) < 4.78 is 5.37. The summed E-state index contributed by atoms with van der Waals surface area (Å²) in [7, 11) is 3.71. The van der Waals surface area contributed by atoms with Gasteiger partial charge in [-0.1, -0.05) is 18.2 Å². The van der Waals surface area contributed by atoms with Gasteiger partial charge in [-0.2, -0.15) is 0 Å². The van der Waals surface area contributed by atoms with Crippen LogP contribution in [0.5, 0.6) is 5.75 Å². The molecule has 0 atom stereocenters. The quantitative estimate of drug-likeness (QED) is 0.782. The second-order valence-corrected chi connectivity index (χ2v) is 4.57. The number of ether oxygens (including phenoxy) is 1. The van der Waals surface area contributed by atoms with Crippen LogP contribution in [0.4, 0.5) is 5.69 Å². The van der Waals surface area contributed by atoms with E-state index in [0.29, 0.717) is 5.88 Å². The van der Waals surface area contributed by atoms with E-state index in [1.165, 1.54) is 0 Å². The molecule has 19 heavy (non-hydrogen) atoms. The molecule has 0 amide bonds. The first kappa shape index (κ1) is 13.7. The van der Waals surface area contributed by atoms with E-state index in [-0.39, 0.29) is 0 Å². The molecule has 2 aromatic rings. The Morgan fingerprint density at radius 2 is 2.00 bits per heavy atom. The topological polar surface area (TPSA) is 25.4 Å². The van der Waals surface area contributed by atoms with E-state index in [2.05, 4.69) is 16.0 Å². The Morgan fingerprint density at radius 1 is 1.21 bits per heavy atom. The molecule has 0 fully saturated rings. The molecule has 0 radical (unpaired) electrons. The van der Waals surface area contributed by atoms with Crippen LogP contribution in [-0.2, 0) is 12.4 Å². The largest absolute Gasteiger partial charge is 0.496 e. The van der Waals surface area contributed by atoms with Crippen molar-refractivity contribution in [2.45, 2.75) is 12.4 Å². The standard InChI is InChI=1S/C15H17ClN2O/c1-18(14-10-17-8-7-12(14)9-16)11-13-5-3-4-6-15(13)19-2/h3-8,10H,9,11H2,1-2H3. The van der Waals surface area contributed by atoms with Crippen molar-refractivity contribution in [1.29, 1.82) is 0 Å². The molecule has 4 heteroatoms. The first-order chi connectivity index (χ1) is 9.26. The van der Waals surface area contributed by atoms with Crippen LogP contribution in [0.2, 0.25) is 0 Å². The molecular formula is C15H17ClN2O. The number of hydrogen-bond acceptors (Lipinski definition) is 3. The van der Waals surface area contributed by atoms with E-state index in [9.17, 15) is 0 Å². The molecule has 0 aliphatic heterocycles. The molecule has 0 saturated carbocycles. The molecule has 1 heterocycles. The molecule has 1 aromatic carbocycles. The molecule has 0 aliphatic carbocycles. The van der Waals surface area contributed by atoms with E-state index in [4.69, 9.17) is 16.3 Å². The zero-order valence-corrected chi connectivity index (χ0v) is 11.9. The number of halogens is 1. The van der Waals surface area contributed by atoms with Crippen molar-refractivity contribution in [1.82, 2.24) is 4.98 Å². The fourth-order valence-electron chi connectivity index (χ4n) is 2.05. The number of methoxy groups -OCH3 is 1. The number of para-hydroxylation sites is 1. The molecule has 3 nitrogen and oxygen atoms in total. The van der Waals surface area contributed by atoms with Crippen molar-refractivity contribution < 1.29 is 4.74 Å². The molecule has 0 saturated heterocycles. The van der Waals surface area contributed by atoms with Gasteiger partial charge in [0.2, 0.25) is 0 Å². The molecule has 2 rings (SSSR count). The van der Waals surface area contributed by atoms with Crippen LogP contribution < -0.4 is 9.64 Å². The molecule has 100 valence electrons. The van der Waals surface area contributed by atoms with Crippen molar-refractivity contribution in [3.05, 3.63) is 53.9 Å². The van der Waals surface area contributed by atoms with Gasteiger partial charge in [0, 0.05) is 31.2 Å². The van der Waals surface area contributed by atoms with Gasteiger partial charge in [0.05, 0.1) is 19.0 Å². The summed E-state index contributed by atoms with van der Waals surface area (Å²) >= 11 is 5.96. The lowest BCUT2D eigenvalue weighted by atomic mass is 10.1. The summed E-state index contributed by atoms with van der Waals surface area (Å²) in [5.74, 6) is 1.37. The molecule has 0 unspecified atom stereocenters. The minimum Gasteiger partial charge on any atom is -0.496 e. The Balaban J connectivity index is 2.23. The lowest BCUT2D eigenvalue weighted by Crippen LogP contribution is -2.18. The Bertz CT molecular complexity index is 545. The van der Waals surface area contributed by atoms with Gasteiger partial charge < -0.3 is 9.64 Å². The number of pyridine rings is 1. The van der Waals surface area contributed by atoms with Crippen LogP contribution in [0, 0.1) is 0 Å². The predicted molar refractivity (Wildman–Crippen MR) is 78.9 cm³/mol.